The SMILES string of the molecule is O=S(=O)(NC1(CBr)CCC1)c1ccc2c(c1)CCC2. The number of benzene rings is 1. The predicted molar refractivity (Wildman–Crippen MR) is 79.2 cm³/mol. The maximum atomic E-state index is 12.5. The number of rotatable bonds is 4. The first-order valence-electron chi connectivity index (χ1n) is 6.76. The summed E-state index contributed by atoms with van der Waals surface area (Å²) in [6, 6.07) is 5.57. The maximum Gasteiger partial charge on any atom is 0.241 e. The van der Waals surface area contributed by atoms with E-state index in [2.05, 4.69) is 20.7 Å². The van der Waals surface area contributed by atoms with Crippen molar-refractivity contribution >= 4 is 26.0 Å². The maximum absolute atomic E-state index is 12.5. The summed E-state index contributed by atoms with van der Waals surface area (Å²) in [5, 5.41) is 0.685. The Morgan fingerprint density at radius 1 is 1.16 bits per heavy atom. The molecule has 0 bridgehead atoms. The number of nitrogens with one attached hydrogen (secondary N) is 1. The van der Waals surface area contributed by atoms with Crippen molar-refractivity contribution in [3.8, 4) is 0 Å². The van der Waals surface area contributed by atoms with Crippen molar-refractivity contribution in [2.45, 2.75) is 49.0 Å². The van der Waals surface area contributed by atoms with Crippen LogP contribution in [0.15, 0.2) is 23.1 Å². The van der Waals surface area contributed by atoms with Crippen LogP contribution in [0.3, 0.4) is 0 Å². The summed E-state index contributed by atoms with van der Waals surface area (Å²) in [4.78, 5) is 0.417. The van der Waals surface area contributed by atoms with Crippen LogP contribution in [0.25, 0.3) is 0 Å². The van der Waals surface area contributed by atoms with E-state index in [-0.39, 0.29) is 5.54 Å². The first kappa shape index (κ1) is 13.6. The Kier molecular flexibility index (Phi) is 3.48. The van der Waals surface area contributed by atoms with Crippen LogP contribution >= 0.6 is 15.9 Å². The molecule has 3 rings (SSSR count). The zero-order chi connectivity index (χ0) is 13.5. The molecule has 1 N–H and O–H groups in total. The molecule has 3 nitrogen and oxygen atoms in total. The number of aryl methyl sites for hydroxylation is 2. The molecule has 0 radical (unpaired) electrons. The topological polar surface area (TPSA) is 46.2 Å². The summed E-state index contributed by atoms with van der Waals surface area (Å²) < 4.78 is 27.8. The van der Waals surface area contributed by atoms with Gasteiger partial charge in [-0.3, -0.25) is 0 Å². The fourth-order valence-corrected chi connectivity index (χ4v) is 5.32. The van der Waals surface area contributed by atoms with E-state index in [9.17, 15) is 8.42 Å². The molecule has 5 heteroatoms. The second-order valence-corrected chi connectivity index (χ2v) is 7.90. The number of sulfonamides is 1. The molecule has 2 aliphatic carbocycles. The Bertz CT molecular complexity index is 588. The van der Waals surface area contributed by atoms with Gasteiger partial charge in [-0.25, -0.2) is 13.1 Å². The van der Waals surface area contributed by atoms with Gasteiger partial charge in [-0.2, -0.15) is 0 Å². The summed E-state index contributed by atoms with van der Waals surface area (Å²) >= 11 is 3.43. The highest BCUT2D eigenvalue weighted by Gasteiger charge is 2.39. The Morgan fingerprint density at radius 3 is 2.53 bits per heavy atom. The van der Waals surface area contributed by atoms with Gasteiger partial charge in [0.1, 0.15) is 0 Å². The van der Waals surface area contributed by atoms with Crippen molar-refractivity contribution in [3.63, 3.8) is 0 Å². The van der Waals surface area contributed by atoms with Crippen LogP contribution in [0.5, 0.6) is 0 Å². The van der Waals surface area contributed by atoms with Crippen LogP contribution in [0, 0.1) is 0 Å². The van der Waals surface area contributed by atoms with Gasteiger partial charge in [0, 0.05) is 10.9 Å². The molecular weight excluding hydrogens is 326 g/mol. The molecule has 104 valence electrons. The number of halogens is 1. The second-order valence-electron chi connectivity index (χ2n) is 5.66. The highest BCUT2D eigenvalue weighted by Crippen LogP contribution is 2.35. The molecule has 1 saturated carbocycles. The van der Waals surface area contributed by atoms with Gasteiger partial charge < -0.3 is 0 Å². The third-order valence-electron chi connectivity index (χ3n) is 4.30. The van der Waals surface area contributed by atoms with Gasteiger partial charge in [-0.05, 0) is 61.8 Å². The molecule has 1 aromatic carbocycles. The van der Waals surface area contributed by atoms with Gasteiger partial charge in [-0.1, -0.05) is 22.0 Å². The Morgan fingerprint density at radius 2 is 1.89 bits per heavy atom. The lowest BCUT2D eigenvalue weighted by Gasteiger charge is -2.40. The minimum atomic E-state index is -3.39. The van der Waals surface area contributed by atoms with E-state index in [0.717, 1.165) is 38.5 Å². The molecule has 2 aliphatic rings. The zero-order valence-corrected chi connectivity index (χ0v) is 13.2. The second kappa shape index (κ2) is 4.86. The fourth-order valence-electron chi connectivity index (χ4n) is 2.93. The average Bonchev–Trinajstić information content (AvgIpc) is 2.81. The minimum absolute atomic E-state index is 0.266. The predicted octanol–water partition coefficient (Wildman–Crippen LogP) is 2.77. The first-order valence-corrected chi connectivity index (χ1v) is 9.37. The summed E-state index contributed by atoms with van der Waals surface area (Å²) in [5.41, 5.74) is 2.24. The molecule has 1 fully saturated rings. The normalized spacial score (nSPS) is 20.9. The van der Waals surface area contributed by atoms with Gasteiger partial charge in [-0.15, -0.1) is 0 Å². The van der Waals surface area contributed by atoms with Crippen molar-refractivity contribution in [1.82, 2.24) is 4.72 Å². The lowest BCUT2D eigenvalue weighted by atomic mass is 9.80. The van der Waals surface area contributed by atoms with E-state index in [1.807, 2.05) is 12.1 Å². The highest BCUT2D eigenvalue weighted by atomic mass is 79.9. The van der Waals surface area contributed by atoms with Crippen LogP contribution in [-0.4, -0.2) is 19.3 Å². The summed E-state index contributed by atoms with van der Waals surface area (Å²) in [6.45, 7) is 0. The summed E-state index contributed by atoms with van der Waals surface area (Å²) in [6.07, 6.45) is 6.15. The van der Waals surface area contributed by atoms with Crippen LogP contribution in [0.2, 0.25) is 0 Å². The van der Waals surface area contributed by atoms with E-state index in [1.165, 1.54) is 11.1 Å². The molecular formula is C14H18BrNO2S. The monoisotopic (exact) mass is 343 g/mol. The zero-order valence-electron chi connectivity index (χ0n) is 10.8. The van der Waals surface area contributed by atoms with Crippen molar-refractivity contribution in [2.24, 2.45) is 0 Å². The van der Waals surface area contributed by atoms with Crippen LogP contribution in [-0.2, 0) is 22.9 Å². The van der Waals surface area contributed by atoms with Gasteiger partial charge in [0.25, 0.3) is 0 Å². The third kappa shape index (κ3) is 2.48. The van der Waals surface area contributed by atoms with Gasteiger partial charge in [0.2, 0.25) is 10.0 Å². The molecule has 0 amide bonds. The van der Waals surface area contributed by atoms with Gasteiger partial charge >= 0.3 is 0 Å². The van der Waals surface area contributed by atoms with Gasteiger partial charge in [0.05, 0.1) is 4.90 Å². The quantitative estimate of drug-likeness (QED) is 0.854. The largest absolute Gasteiger partial charge is 0.241 e. The number of fused-ring (bicyclic) bond motifs is 1. The molecule has 0 unspecified atom stereocenters. The summed E-state index contributed by atoms with van der Waals surface area (Å²) in [5.74, 6) is 0. The van der Waals surface area contributed by atoms with Crippen molar-refractivity contribution in [1.29, 1.82) is 0 Å². The first-order chi connectivity index (χ1) is 9.05. The van der Waals surface area contributed by atoms with Crippen LogP contribution < -0.4 is 4.72 Å². The molecule has 19 heavy (non-hydrogen) atoms. The average molecular weight is 344 g/mol. The molecule has 0 heterocycles. The molecule has 0 spiro atoms. The lowest BCUT2D eigenvalue weighted by Crippen LogP contribution is -2.54. The smallest absolute Gasteiger partial charge is 0.207 e. The van der Waals surface area contributed by atoms with Crippen molar-refractivity contribution in [3.05, 3.63) is 29.3 Å². The van der Waals surface area contributed by atoms with E-state index in [1.54, 1.807) is 6.07 Å². The standard InChI is InChI=1S/C14H18BrNO2S/c15-10-14(7-2-8-14)16-19(17,18)13-6-5-11-3-1-4-12(11)9-13/h5-6,9,16H,1-4,7-8,10H2. The van der Waals surface area contributed by atoms with E-state index >= 15 is 0 Å². The highest BCUT2D eigenvalue weighted by molar-refractivity contribution is 9.09. The Balaban J connectivity index is 1.88. The van der Waals surface area contributed by atoms with Crippen LogP contribution in [0.4, 0.5) is 0 Å². The number of hydrogen-bond acceptors (Lipinski definition) is 2. The number of hydrogen-bond donors (Lipinski definition) is 1. The minimum Gasteiger partial charge on any atom is -0.207 e. The molecule has 0 atom stereocenters. The van der Waals surface area contributed by atoms with E-state index < -0.39 is 10.0 Å². The van der Waals surface area contributed by atoms with Crippen molar-refractivity contribution < 1.29 is 8.42 Å². The molecule has 0 aromatic heterocycles. The summed E-state index contributed by atoms with van der Waals surface area (Å²) in [7, 11) is -3.39. The Hall–Kier alpha value is -0.390. The fraction of sp³-hybridized carbons (Fsp3) is 0.571. The molecule has 1 aromatic rings. The molecule has 0 aliphatic heterocycles. The van der Waals surface area contributed by atoms with Crippen molar-refractivity contribution in [2.75, 3.05) is 5.33 Å². The lowest BCUT2D eigenvalue weighted by molar-refractivity contribution is 0.256. The number of alkyl halides is 1. The van der Waals surface area contributed by atoms with E-state index in [4.69, 9.17) is 0 Å². The van der Waals surface area contributed by atoms with Crippen LogP contribution in [0.1, 0.15) is 36.8 Å². The van der Waals surface area contributed by atoms with Gasteiger partial charge in [0.15, 0.2) is 0 Å². The molecule has 0 saturated heterocycles. The third-order valence-corrected chi connectivity index (χ3v) is 6.95. The Labute approximate surface area is 123 Å². The van der Waals surface area contributed by atoms with E-state index in [0.29, 0.717) is 10.2 Å².